The Morgan fingerprint density at radius 1 is 0.771 bits per heavy atom. The number of ether oxygens (including phenoxy) is 1. The molecule has 0 heterocycles. The number of aliphatic carboxylic acids is 1. The summed E-state index contributed by atoms with van der Waals surface area (Å²) in [7, 11) is 0. The van der Waals surface area contributed by atoms with Gasteiger partial charge >= 0.3 is 5.97 Å². The fraction of sp³-hybridized carbons (Fsp3) is 0.400. The summed E-state index contributed by atoms with van der Waals surface area (Å²) in [6.45, 7) is 1.41. The summed E-state index contributed by atoms with van der Waals surface area (Å²) in [5.41, 5.74) is 8.20. The molecule has 0 aliphatic heterocycles. The van der Waals surface area contributed by atoms with Crippen molar-refractivity contribution in [2.75, 3.05) is 6.61 Å². The summed E-state index contributed by atoms with van der Waals surface area (Å²) in [5.74, 6) is -0.683. The van der Waals surface area contributed by atoms with Crippen LogP contribution in [-0.4, -0.2) is 17.7 Å². The van der Waals surface area contributed by atoms with E-state index in [0.29, 0.717) is 13.0 Å². The van der Waals surface area contributed by atoms with Crippen molar-refractivity contribution in [1.29, 1.82) is 0 Å². The van der Waals surface area contributed by atoms with E-state index < -0.39 is 5.97 Å². The lowest BCUT2D eigenvalue weighted by Crippen LogP contribution is -1.95. The number of carboxylic acids is 1. The predicted molar refractivity (Wildman–Crippen MR) is 141 cm³/mol. The normalized spacial score (nSPS) is 12.5. The topological polar surface area (TPSA) is 71.2 Å². The SMILES string of the molecule is O=C(O)CCCCCCCCCCCOCc1ccc(N=Nc2ccc(C3=C=CC=C3)cc2)cc1. The minimum absolute atomic E-state index is 0.306. The summed E-state index contributed by atoms with van der Waals surface area (Å²) >= 11 is 0. The number of hydrogen-bond donors (Lipinski definition) is 1. The largest absolute Gasteiger partial charge is 0.481 e. The molecule has 0 fully saturated rings. The zero-order chi connectivity index (χ0) is 24.6. The van der Waals surface area contributed by atoms with Gasteiger partial charge in [-0.3, -0.25) is 4.79 Å². The highest BCUT2D eigenvalue weighted by molar-refractivity contribution is 5.76. The van der Waals surface area contributed by atoms with E-state index in [2.05, 4.69) is 16.0 Å². The quantitative estimate of drug-likeness (QED) is 0.142. The Balaban J connectivity index is 1.22. The third-order valence-corrected chi connectivity index (χ3v) is 5.94. The van der Waals surface area contributed by atoms with Gasteiger partial charge in [-0.15, -0.1) is 5.73 Å². The smallest absolute Gasteiger partial charge is 0.303 e. The Hall–Kier alpha value is -3.27. The van der Waals surface area contributed by atoms with Gasteiger partial charge in [0.05, 0.1) is 18.0 Å². The number of carboxylic acid groups (broad SMARTS) is 1. The minimum Gasteiger partial charge on any atom is -0.481 e. The van der Waals surface area contributed by atoms with Crippen molar-refractivity contribution >= 4 is 22.9 Å². The maximum Gasteiger partial charge on any atom is 0.303 e. The van der Waals surface area contributed by atoms with E-state index >= 15 is 0 Å². The first-order valence-corrected chi connectivity index (χ1v) is 12.7. The molecule has 1 aliphatic rings. The molecule has 0 atom stereocenters. The van der Waals surface area contributed by atoms with Crippen LogP contribution in [0.1, 0.15) is 75.3 Å². The maximum absolute atomic E-state index is 10.5. The molecule has 184 valence electrons. The molecule has 0 bridgehead atoms. The van der Waals surface area contributed by atoms with Gasteiger partial charge in [-0.2, -0.15) is 10.2 Å². The third kappa shape index (κ3) is 10.7. The molecule has 2 aromatic rings. The van der Waals surface area contributed by atoms with Crippen molar-refractivity contribution in [1.82, 2.24) is 0 Å². The summed E-state index contributed by atoms with van der Waals surface area (Å²) in [5, 5.41) is 17.3. The maximum atomic E-state index is 10.5. The van der Waals surface area contributed by atoms with E-state index in [4.69, 9.17) is 9.84 Å². The van der Waals surface area contributed by atoms with Gasteiger partial charge in [0.15, 0.2) is 0 Å². The Kier molecular flexibility index (Phi) is 11.7. The van der Waals surface area contributed by atoms with Gasteiger partial charge in [0.25, 0.3) is 0 Å². The van der Waals surface area contributed by atoms with Crippen molar-refractivity contribution in [3.63, 3.8) is 0 Å². The minimum atomic E-state index is -0.683. The van der Waals surface area contributed by atoms with Gasteiger partial charge in [0.1, 0.15) is 0 Å². The molecule has 0 radical (unpaired) electrons. The van der Waals surface area contributed by atoms with E-state index in [-0.39, 0.29) is 0 Å². The molecule has 5 heteroatoms. The Labute approximate surface area is 208 Å². The second-order valence-electron chi connectivity index (χ2n) is 8.88. The van der Waals surface area contributed by atoms with Crippen LogP contribution in [0.4, 0.5) is 11.4 Å². The van der Waals surface area contributed by atoms with Gasteiger partial charge in [0.2, 0.25) is 0 Å². The average molecular weight is 473 g/mol. The second kappa shape index (κ2) is 15.6. The van der Waals surface area contributed by atoms with E-state index in [1.807, 2.05) is 66.8 Å². The highest BCUT2D eigenvalue weighted by Gasteiger charge is 2.00. The molecule has 0 saturated carbocycles. The molecule has 0 spiro atoms. The van der Waals surface area contributed by atoms with Crippen LogP contribution in [0, 0.1) is 0 Å². The molecule has 0 saturated heterocycles. The van der Waals surface area contributed by atoms with Gasteiger partial charge in [0, 0.05) is 18.6 Å². The molecule has 5 nitrogen and oxygen atoms in total. The number of allylic oxidation sites excluding steroid dienone is 3. The molecule has 35 heavy (non-hydrogen) atoms. The number of unbranched alkanes of at least 4 members (excludes halogenated alkanes) is 8. The molecule has 3 rings (SSSR count). The summed E-state index contributed by atoms with van der Waals surface area (Å²) in [6.07, 6.45) is 16.5. The monoisotopic (exact) mass is 472 g/mol. The van der Waals surface area contributed by atoms with Crippen LogP contribution < -0.4 is 0 Å². The summed E-state index contributed by atoms with van der Waals surface area (Å²) in [4.78, 5) is 10.5. The standard InChI is InChI=1S/C30H36N2O3/c33-30(34)14-8-6-4-2-1-3-5-7-11-23-35-24-25-15-19-28(20-16-25)31-32-29-21-17-27(18-22-29)26-12-9-10-13-26/h9-10,12,15-22H,1-8,11,14,23-24H2,(H,33,34). The lowest BCUT2D eigenvalue weighted by molar-refractivity contribution is -0.137. The fourth-order valence-electron chi connectivity index (χ4n) is 3.90. The highest BCUT2D eigenvalue weighted by atomic mass is 16.5. The van der Waals surface area contributed by atoms with Crippen molar-refractivity contribution in [3.05, 3.63) is 83.6 Å². The lowest BCUT2D eigenvalue weighted by atomic mass is 10.1. The summed E-state index contributed by atoms with van der Waals surface area (Å²) < 4.78 is 5.82. The van der Waals surface area contributed by atoms with Crippen molar-refractivity contribution in [3.8, 4) is 0 Å². The number of azo groups is 1. The lowest BCUT2D eigenvalue weighted by Gasteiger charge is -2.05. The van der Waals surface area contributed by atoms with Crippen molar-refractivity contribution < 1.29 is 14.6 Å². The van der Waals surface area contributed by atoms with Crippen LogP contribution in [0.3, 0.4) is 0 Å². The molecular formula is C30H36N2O3. The number of rotatable bonds is 17. The zero-order valence-corrected chi connectivity index (χ0v) is 20.5. The molecule has 2 aromatic carbocycles. The molecular weight excluding hydrogens is 436 g/mol. The first-order valence-electron chi connectivity index (χ1n) is 12.7. The van der Waals surface area contributed by atoms with E-state index in [9.17, 15) is 4.79 Å². The van der Waals surface area contributed by atoms with Crippen LogP contribution in [-0.2, 0) is 16.1 Å². The molecule has 1 N–H and O–H groups in total. The number of hydrogen-bond acceptors (Lipinski definition) is 4. The number of benzene rings is 2. The zero-order valence-electron chi connectivity index (χ0n) is 20.5. The Bertz CT molecular complexity index is 1030. The van der Waals surface area contributed by atoms with Gasteiger partial charge < -0.3 is 9.84 Å². The number of nitrogens with zero attached hydrogens (tertiary/aromatic N) is 2. The average Bonchev–Trinajstić information content (AvgIpc) is 3.41. The predicted octanol–water partition coefficient (Wildman–Crippen LogP) is 8.71. The summed E-state index contributed by atoms with van der Waals surface area (Å²) in [6, 6.07) is 16.0. The number of carbonyl (C=O) groups is 1. The first kappa shape index (κ1) is 26.3. The van der Waals surface area contributed by atoms with E-state index in [1.165, 1.54) is 32.1 Å². The van der Waals surface area contributed by atoms with Gasteiger partial charge in [-0.05, 0) is 60.4 Å². The van der Waals surface area contributed by atoms with Crippen LogP contribution in [0.15, 0.2) is 82.7 Å². The van der Waals surface area contributed by atoms with Crippen molar-refractivity contribution in [2.45, 2.75) is 70.8 Å². The molecule has 0 unspecified atom stereocenters. The molecule has 1 aliphatic carbocycles. The van der Waals surface area contributed by atoms with E-state index in [0.717, 1.165) is 60.4 Å². The Morgan fingerprint density at radius 3 is 1.91 bits per heavy atom. The fourth-order valence-corrected chi connectivity index (χ4v) is 3.90. The van der Waals surface area contributed by atoms with Gasteiger partial charge in [-0.25, -0.2) is 0 Å². The second-order valence-corrected chi connectivity index (χ2v) is 8.88. The highest BCUT2D eigenvalue weighted by Crippen LogP contribution is 2.23. The first-order chi connectivity index (χ1) is 17.2. The molecule has 0 amide bonds. The van der Waals surface area contributed by atoms with Crippen LogP contribution in [0.25, 0.3) is 5.57 Å². The third-order valence-electron chi connectivity index (χ3n) is 5.94. The van der Waals surface area contributed by atoms with Crippen LogP contribution >= 0.6 is 0 Å². The van der Waals surface area contributed by atoms with E-state index in [1.54, 1.807) is 0 Å². The Morgan fingerprint density at radius 2 is 1.34 bits per heavy atom. The van der Waals surface area contributed by atoms with Crippen LogP contribution in [0.5, 0.6) is 0 Å². The van der Waals surface area contributed by atoms with Crippen LogP contribution in [0.2, 0.25) is 0 Å². The molecule has 0 aromatic heterocycles. The van der Waals surface area contributed by atoms with Gasteiger partial charge in [-0.1, -0.05) is 75.3 Å². The van der Waals surface area contributed by atoms with Crippen molar-refractivity contribution in [2.24, 2.45) is 10.2 Å².